The molecule has 1 aliphatic heterocycles. The third kappa shape index (κ3) is 2.72. The Hall–Kier alpha value is -1.39. The van der Waals surface area contributed by atoms with Crippen molar-refractivity contribution in [1.82, 2.24) is 14.8 Å². The van der Waals surface area contributed by atoms with Crippen molar-refractivity contribution in [3.63, 3.8) is 0 Å². The first kappa shape index (κ1) is 13.6. The zero-order valence-corrected chi connectivity index (χ0v) is 12.0. The van der Waals surface area contributed by atoms with Crippen LogP contribution in [-0.2, 0) is 13.5 Å². The van der Waals surface area contributed by atoms with Crippen LogP contribution in [0.4, 0.5) is 4.39 Å². The molecule has 108 valence electrons. The second-order valence-electron chi connectivity index (χ2n) is 5.60. The van der Waals surface area contributed by atoms with E-state index in [9.17, 15) is 4.39 Å². The van der Waals surface area contributed by atoms with Crippen LogP contribution in [0, 0.1) is 5.82 Å². The van der Waals surface area contributed by atoms with Gasteiger partial charge >= 0.3 is 0 Å². The van der Waals surface area contributed by atoms with Gasteiger partial charge in [-0.05, 0) is 31.0 Å². The first-order valence-corrected chi connectivity index (χ1v) is 7.41. The smallest absolute Gasteiger partial charge is 0.147 e. The summed E-state index contributed by atoms with van der Waals surface area (Å²) >= 11 is 0. The molecule has 4 heteroatoms. The lowest BCUT2D eigenvalue weighted by molar-refractivity contribution is 0.238. The van der Waals surface area contributed by atoms with Crippen LogP contribution in [0.2, 0.25) is 0 Å². The Balaban J connectivity index is 1.67. The lowest BCUT2D eigenvalue weighted by atomic mass is 10.1. The Labute approximate surface area is 119 Å². The van der Waals surface area contributed by atoms with Crippen LogP contribution in [0.3, 0.4) is 0 Å². The van der Waals surface area contributed by atoms with E-state index in [0.717, 1.165) is 56.5 Å². The van der Waals surface area contributed by atoms with Crippen LogP contribution in [0.25, 0.3) is 10.9 Å². The third-order valence-electron chi connectivity index (χ3n) is 4.17. The van der Waals surface area contributed by atoms with Gasteiger partial charge in [-0.1, -0.05) is 12.1 Å². The van der Waals surface area contributed by atoms with E-state index >= 15 is 0 Å². The molecule has 2 aromatic rings. The van der Waals surface area contributed by atoms with Crippen molar-refractivity contribution in [2.75, 3.05) is 32.7 Å². The number of fused-ring (bicyclic) bond motifs is 1. The predicted octanol–water partition coefficient (Wildman–Crippen LogP) is 2.16. The van der Waals surface area contributed by atoms with Crippen LogP contribution in [-0.4, -0.2) is 42.2 Å². The summed E-state index contributed by atoms with van der Waals surface area (Å²) in [5.41, 5.74) is 1.99. The number of hydrogen-bond donors (Lipinski definition) is 1. The Morgan fingerprint density at radius 2 is 2.05 bits per heavy atom. The zero-order valence-electron chi connectivity index (χ0n) is 12.0. The van der Waals surface area contributed by atoms with Crippen LogP contribution >= 0.6 is 0 Å². The topological polar surface area (TPSA) is 20.2 Å². The van der Waals surface area contributed by atoms with Crippen molar-refractivity contribution in [2.45, 2.75) is 12.8 Å². The van der Waals surface area contributed by atoms with Crippen molar-refractivity contribution < 1.29 is 4.39 Å². The number of aryl methyl sites for hydroxylation is 2. The molecule has 20 heavy (non-hydrogen) atoms. The maximum absolute atomic E-state index is 13.8. The SMILES string of the molecule is Cn1cc(CCCN2CCNCC2)c2cccc(F)c21. The van der Waals surface area contributed by atoms with Crippen LogP contribution in [0.1, 0.15) is 12.0 Å². The highest BCUT2D eigenvalue weighted by Gasteiger charge is 2.12. The summed E-state index contributed by atoms with van der Waals surface area (Å²) < 4.78 is 15.7. The molecule has 0 atom stereocenters. The summed E-state index contributed by atoms with van der Waals surface area (Å²) in [5.74, 6) is -0.127. The lowest BCUT2D eigenvalue weighted by Crippen LogP contribution is -2.43. The fourth-order valence-corrected chi connectivity index (χ4v) is 3.13. The number of benzene rings is 1. The second-order valence-corrected chi connectivity index (χ2v) is 5.60. The first-order valence-electron chi connectivity index (χ1n) is 7.41. The molecular weight excluding hydrogens is 253 g/mol. The molecule has 2 heterocycles. The van der Waals surface area contributed by atoms with Crippen molar-refractivity contribution >= 4 is 10.9 Å². The first-order chi connectivity index (χ1) is 9.75. The van der Waals surface area contributed by atoms with E-state index in [1.54, 1.807) is 6.07 Å². The lowest BCUT2D eigenvalue weighted by Gasteiger charge is -2.26. The number of rotatable bonds is 4. The third-order valence-corrected chi connectivity index (χ3v) is 4.17. The molecule has 0 aliphatic carbocycles. The fourth-order valence-electron chi connectivity index (χ4n) is 3.13. The van der Waals surface area contributed by atoms with Gasteiger partial charge in [-0.3, -0.25) is 0 Å². The van der Waals surface area contributed by atoms with Gasteiger partial charge in [0.1, 0.15) is 5.82 Å². The molecule has 1 fully saturated rings. The van der Waals surface area contributed by atoms with Crippen molar-refractivity contribution in [3.05, 3.63) is 35.8 Å². The number of aromatic nitrogens is 1. The molecule has 1 aromatic heterocycles. The average molecular weight is 275 g/mol. The summed E-state index contributed by atoms with van der Waals surface area (Å²) in [6.07, 6.45) is 4.23. The molecule has 0 radical (unpaired) electrons. The van der Waals surface area contributed by atoms with E-state index < -0.39 is 0 Å². The fraction of sp³-hybridized carbons (Fsp3) is 0.500. The quantitative estimate of drug-likeness (QED) is 0.922. The minimum atomic E-state index is -0.127. The molecule has 1 saturated heterocycles. The zero-order chi connectivity index (χ0) is 13.9. The van der Waals surface area contributed by atoms with E-state index in [1.165, 1.54) is 11.6 Å². The molecule has 0 saturated carbocycles. The number of hydrogen-bond acceptors (Lipinski definition) is 2. The number of nitrogens with one attached hydrogen (secondary N) is 1. The maximum Gasteiger partial charge on any atom is 0.147 e. The summed E-state index contributed by atoms with van der Waals surface area (Å²) in [6.45, 7) is 5.61. The molecule has 0 bridgehead atoms. The molecular formula is C16H22FN3. The standard InChI is InChI=1S/C16H22FN3/c1-19-12-13(14-5-2-6-15(17)16(14)19)4-3-9-20-10-7-18-8-11-20/h2,5-6,12,18H,3-4,7-11H2,1H3. The predicted molar refractivity (Wildman–Crippen MR) is 80.5 cm³/mol. The van der Waals surface area contributed by atoms with E-state index in [1.807, 2.05) is 17.7 Å². The average Bonchev–Trinajstić information content (AvgIpc) is 2.78. The highest BCUT2D eigenvalue weighted by atomic mass is 19.1. The van der Waals surface area contributed by atoms with Gasteiger partial charge in [-0.15, -0.1) is 0 Å². The van der Waals surface area contributed by atoms with Gasteiger partial charge in [0.15, 0.2) is 0 Å². The van der Waals surface area contributed by atoms with Gasteiger partial charge in [0.25, 0.3) is 0 Å². The number of piperazine rings is 1. The van der Waals surface area contributed by atoms with Crippen molar-refractivity contribution in [2.24, 2.45) is 7.05 Å². The minimum Gasteiger partial charge on any atom is -0.348 e. The largest absolute Gasteiger partial charge is 0.348 e. The summed E-state index contributed by atoms with van der Waals surface area (Å²) in [5, 5.41) is 4.43. The van der Waals surface area contributed by atoms with E-state index in [0.29, 0.717) is 0 Å². The van der Waals surface area contributed by atoms with Crippen LogP contribution in [0.5, 0.6) is 0 Å². The van der Waals surface area contributed by atoms with Crippen LogP contribution < -0.4 is 5.32 Å². The maximum atomic E-state index is 13.8. The number of nitrogens with zero attached hydrogens (tertiary/aromatic N) is 2. The van der Waals surface area contributed by atoms with Gasteiger partial charge in [-0.2, -0.15) is 0 Å². The molecule has 3 rings (SSSR count). The Kier molecular flexibility index (Phi) is 4.03. The van der Waals surface area contributed by atoms with E-state index in [-0.39, 0.29) is 5.82 Å². The Morgan fingerprint density at radius 3 is 2.85 bits per heavy atom. The Morgan fingerprint density at radius 1 is 1.25 bits per heavy atom. The molecule has 1 aliphatic rings. The molecule has 1 N–H and O–H groups in total. The highest BCUT2D eigenvalue weighted by molar-refractivity contribution is 5.84. The molecule has 0 amide bonds. The molecule has 3 nitrogen and oxygen atoms in total. The second kappa shape index (κ2) is 5.94. The molecule has 1 aromatic carbocycles. The molecule has 0 spiro atoms. The highest BCUT2D eigenvalue weighted by Crippen LogP contribution is 2.24. The van der Waals surface area contributed by atoms with E-state index in [2.05, 4.69) is 16.4 Å². The normalized spacial score (nSPS) is 16.9. The summed E-state index contributed by atoms with van der Waals surface area (Å²) in [7, 11) is 1.92. The van der Waals surface area contributed by atoms with Gasteiger partial charge in [0, 0.05) is 44.8 Å². The van der Waals surface area contributed by atoms with Crippen molar-refractivity contribution in [3.8, 4) is 0 Å². The summed E-state index contributed by atoms with van der Waals surface area (Å²) in [6, 6.07) is 5.36. The minimum absolute atomic E-state index is 0.127. The van der Waals surface area contributed by atoms with Gasteiger partial charge in [-0.25, -0.2) is 4.39 Å². The van der Waals surface area contributed by atoms with Gasteiger partial charge < -0.3 is 14.8 Å². The van der Waals surface area contributed by atoms with Gasteiger partial charge in [0.2, 0.25) is 0 Å². The monoisotopic (exact) mass is 275 g/mol. The van der Waals surface area contributed by atoms with Crippen LogP contribution in [0.15, 0.2) is 24.4 Å². The molecule has 0 unspecified atom stereocenters. The Bertz CT molecular complexity index is 585. The summed E-state index contributed by atoms with van der Waals surface area (Å²) in [4.78, 5) is 2.50. The van der Waals surface area contributed by atoms with Gasteiger partial charge in [0.05, 0.1) is 5.52 Å². The van der Waals surface area contributed by atoms with Crippen molar-refractivity contribution in [1.29, 1.82) is 0 Å². The van der Waals surface area contributed by atoms with E-state index in [4.69, 9.17) is 0 Å². The number of halogens is 1. The number of para-hydroxylation sites is 1.